The molecule has 1 heterocycles. The number of likely N-dealkylation sites (tertiary alicyclic amines) is 1. The van der Waals surface area contributed by atoms with Crippen molar-refractivity contribution >= 4 is 17.2 Å². The molecule has 2 rings (SSSR count). The minimum absolute atomic E-state index is 0.250. The van der Waals surface area contributed by atoms with Crippen molar-refractivity contribution in [3.8, 4) is 0 Å². The molecule has 0 amide bonds. The Morgan fingerprint density at radius 2 is 1.92 bits per heavy atom. The lowest BCUT2D eigenvalue weighted by atomic mass is 10.1. The van der Waals surface area contributed by atoms with E-state index in [4.69, 9.17) is 18.0 Å². The van der Waals surface area contributed by atoms with Crippen molar-refractivity contribution in [1.82, 2.24) is 4.90 Å². The van der Waals surface area contributed by atoms with E-state index in [0.29, 0.717) is 0 Å². The molecule has 3 heteroatoms. The molecular weight excluding hydrogens is 168 g/mol. The number of thiocarbonyl (C=S) groups is 1. The first kappa shape index (κ1) is 8.45. The molecule has 2 aliphatic rings. The Hall–Kier alpha value is -0.150. The number of hydrogen-bond donors (Lipinski definition) is 1. The van der Waals surface area contributed by atoms with Crippen LogP contribution in [0, 0.1) is 5.41 Å². The molecular formula is C9H16N2S. The molecule has 1 aliphatic heterocycles. The molecule has 68 valence electrons. The second-order valence-electron chi connectivity index (χ2n) is 4.13. The summed E-state index contributed by atoms with van der Waals surface area (Å²) in [4.78, 5) is 3.25. The first-order chi connectivity index (χ1) is 5.73. The molecule has 12 heavy (non-hydrogen) atoms. The van der Waals surface area contributed by atoms with Gasteiger partial charge >= 0.3 is 0 Å². The molecule has 1 aliphatic carbocycles. The fourth-order valence-corrected chi connectivity index (χ4v) is 2.27. The van der Waals surface area contributed by atoms with E-state index in [-0.39, 0.29) is 5.41 Å². The average molecular weight is 184 g/mol. The molecule has 2 nitrogen and oxygen atoms in total. The lowest BCUT2D eigenvalue weighted by molar-refractivity contribution is 0.303. The van der Waals surface area contributed by atoms with Gasteiger partial charge in [0.15, 0.2) is 0 Å². The lowest BCUT2D eigenvalue weighted by Crippen LogP contribution is -2.35. The Labute approximate surface area is 79.1 Å². The van der Waals surface area contributed by atoms with E-state index in [1.165, 1.54) is 38.8 Å². The fourth-order valence-electron chi connectivity index (χ4n) is 2.00. The molecule has 0 aromatic rings. The molecule has 2 N–H and O–H groups in total. The first-order valence-electron chi connectivity index (χ1n) is 4.75. The van der Waals surface area contributed by atoms with E-state index in [1.807, 2.05) is 0 Å². The molecule has 1 saturated carbocycles. The second kappa shape index (κ2) is 2.96. The van der Waals surface area contributed by atoms with Crippen LogP contribution in [0.3, 0.4) is 0 Å². The molecule has 0 aromatic heterocycles. The van der Waals surface area contributed by atoms with Crippen molar-refractivity contribution in [2.75, 3.05) is 19.6 Å². The SMILES string of the molecule is NC(=S)C1(CN2CCCC2)CC1. The number of nitrogens with two attached hydrogens (primary N) is 1. The monoisotopic (exact) mass is 184 g/mol. The quantitative estimate of drug-likeness (QED) is 0.667. The van der Waals surface area contributed by atoms with Crippen LogP contribution in [0.5, 0.6) is 0 Å². The van der Waals surface area contributed by atoms with Crippen molar-refractivity contribution < 1.29 is 0 Å². The smallest absolute Gasteiger partial charge is 0.0802 e. The molecule has 1 saturated heterocycles. The van der Waals surface area contributed by atoms with Crippen LogP contribution in [0.1, 0.15) is 25.7 Å². The van der Waals surface area contributed by atoms with E-state index in [2.05, 4.69) is 4.90 Å². The lowest BCUT2D eigenvalue weighted by Gasteiger charge is -2.21. The maximum atomic E-state index is 5.72. The van der Waals surface area contributed by atoms with Crippen molar-refractivity contribution in [3.05, 3.63) is 0 Å². The Morgan fingerprint density at radius 1 is 1.33 bits per heavy atom. The van der Waals surface area contributed by atoms with Crippen molar-refractivity contribution in [2.45, 2.75) is 25.7 Å². The van der Waals surface area contributed by atoms with Crippen molar-refractivity contribution in [3.63, 3.8) is 0 Å². The highest BCUT2D eigenvalue weighted by molar-refractivity contribution is 7.80. The van der Waals surface area contributed by atoms with Gasteiger partial charge in [0, 0.05) is 12.0 Å². The highest BCUT2D eigenvalue weighted by Gasteiger charge is 2.46. The molecule has 2 fully saturated rings. The van der Waals surface area contributed by atoms with Crippen LogP contribution in [0.2, 0.25) is 0 Å². The summed E-state index contributed by atoms with van der Waals surface area (Å²) in [5, 5.41) is 0. The zero-order valence-corrected chi connectivity index (χ0v) is 8.20. The van der Waals surface area contributed by atoms with Gasteiger partial charge in [-0.1, -0.05) is 12.2 Å². The number of nitrogens with zero attached hydrogens (tertiary/aromatic N) is 1. The Morgan fingerprint density at radius 3 is 2.33 bits per heavy atom. The third-order valence-electron chi connectivity index (χ3n) is 3.10. The Bertz CT molecular complexity index is 193. The van der Waals surface area contributed by atoms with Gasteiger partial charge < -0.3 is 10.6 Å². The third kappa shape index (κ3) is 1.48. The van der Waals surface area contributed by atoms with Gasteiger partial charge in [0.25, 0.3) is 0 Å². The molecule has 0 atom stereocenters. The Balaban J connectivity index is 1.89. The van der Waals surface area contributed by atoms with E-state index in [9.17, 15) is 0 Å². The van der Waals surface area contributed by atoms with Gasteiger partial charge in [0.05, 0.1) is 4.99 Å². The third-order valence-corrected chi connectivity index (χ3v) is 3.53. The van der Waals surface area contributed by atoms with Gasteiger partial charge in [-0.25, -0.2) is 0 Å². The molecule has 0 spiro atoms. The molecule has 0 unspecified atom stereocenters. The standard InChI is InChI=1S/C9H16N2S/c10-8(12)9(3-4-9)7-11-5-1-2-6-11/h1-7H2,(H2,10,12). The number of hydrogen-bond acceptors (Lipinski definition) is 2. The van der Waals surface area contributed by atoms with E-state index in [0.717, 1.165) is 11.5 Å². The summed E-state index contributed by atoms with van der Waals surface area (Å²) in [6.45, 7) is 3.64. The summed E-state index contributed by atoms with van der Waals surface area (Å²) in [5.41, 5.74) is 5.97. The summed E-state index contributed by atoms with van der Waals surface area (Å²) in [7, 11) is 0. The summed E-state index contributed by atoms with van der Waals surface area (Å²) in [5.74, 6) is 0. The maximum Gasteiger partial charge on any atom is 0.0802 e. The summed E-state index contributed by atoms with van der Waals surface area (Å²) in [6.07, 6.45) is 5.15. The topological polar surface area (TPSA) is 29.3 Å². The van der Waals surface area contributed by atoms with Gasteiger partial charge in [-0.15, -0.1) is 0 Å². The predicted octanol–water partition coefficient (Wildman–Crippen LogP) is 1.15. The molecule has 0 bridgehead atoms. The highest BCUT2D eigenvalue weighted by Crippen LogP contribution is 2.46. The summed E-state index contributed by atoms with van der Waals surface area (Å²) >= 11 is 5.08. The van der Waals surface area contributed by atoms with E-state index >= 15 is 0 Å². The second-order valence-corrected chi connectivity index (χ2v) is 4.57. The van der Waals surface area contributed by atoms with Crippen LogP contribution < -0.4 is 5.73 Å². The van der Waals surface area contributed by atoms with Gasteiger partial charge in [-0.3, -0.25) is 0 Å². The number of rotatable bonds is 3. The molecule has 0 aromatic carbocycles. The minimum atomic E-state index is 0.250. The minimum Gasteiger partial charge on any atom is -0.393 e. The van der Waals surface area contributed by atoms with Crippen LogP contribution in [-0.4, -0.2) is 29.5 Å². The van der Waals surface area contributed by atoms with E-state index in [1.54, 1.807) is 0 Å². The van der Waals surface area contributed by atoms with Crippen LogP contribution in [0.25, 0.3) is 0 Å². The average Bonchev–Trinajstić information content (AvgIpc) is 2.60. The van der Waals surface area contributed by atoms with Crippen molar-refractivity contribution in [1.29, 1.82) is 0 Å². The fraction of sp³-hybridized carbons (Fsp3) is 0.889. The van der Waals surface area contributed by atoms with Crippen LogP contribution in [0.15, 0.2) is 0 Å². The van der Waals surface area contributed by atoms with Gasteiger partial charge in [0.1, 0.15) is 0 Å². The summed E-state index contributed by atoms with van der Waals surface area (Å²) in [6, 6.07) is 0. The van der Waals surface area contributed by atoms with Crippen LogP contribution in [-0.2, 0) is 0 Å². The van der Waals surface area contributed by atoms with Crippen LogP contribution >= 0.6 is 12.2 Å². The van der Waals surface area contributed by atoms with Gasteiger partial charge in [0.2, 0.25) is 0 Å². The zero-order chi connectivity index (χ0) is 8.60. The Kier molecular flexibility index (Phi) is 2.09. The normalized spacial score (nSPS) is 27.3. The maximum absolute atomic E-state index is 5.72. The predicted molar refractivity (Wildman–Crippen MR) is 54.1 cm³/mol. The molecule has 0 radical (unpaired) electrons. The van der Waals surface area contributed by atoms with Crippen molar-refractivity contribution in [2.24, 2.45) is 11.1 Å². The summed E-state index contributed by atoms with van der Waals surface area (Å²) < 4.78 is 0. The van der Waals surface area contributed by atoms with Crippen LogP contribution in [0.4, 0.5) is 0 Å². The van der Waals surface area contributed by atoms with Gasteiger partial charge in [-0.05, 0) is 38.8 Å². The van der Waals surface area contributed by atoms with Gasteiger partial charge in [-0.2, -0.15) is 0 Å². The van der Waals surface area contributed by atoms with E-state index < -0.39 is 0 Å². The zero-order valence-electron chi connectivity index (χ0n) is 7.38. The highest BCUT2D eigenvalue weighted by atomic mass is 32.1. The first-order valence-corrected chi connectivity index (χ1v) is 5.16. The largest absolute Gasteiger partial charge is 0.393 e.